The maximum atomic E-state index is 12.2. The predicted molar refractivity (Wildman–Crippen MR) is 84.6 cm³/mol. The van der Waals surface area contributed by atoms with Crippen LogP contribution in [0.2, 0.25) is 0 Å². The zero-order valence-corrected chi connectivity index (χ0v) is 13.3. The molecule has 0 aliphatic carbocycles. The minimum Gasteiger partial charge on any atom is -0.491 e. The van der Waals surface area contributed by atoms with Crippen LogP contribution in [0.3, 0.4) is 0 Å². The molecular formula is C17H17N3O3. The summed E-state index contributed by atoms with van der Waals surface area (Å²) in [7, 11) is 0. The lowest BCUT2D eigenvalue weighted by Gasteiger charge is -2.11. The first-order chi connectivity index (χ1) is 11.0. The minimum absolute atomic E-state index is 0.0890. The second kappa shape index (κ2) is 6.88. The molecule has 0 N–H and O–H groups in total. The lowest BCUT2D eigenvalue weighted by molar-refractivity contribution is 0.101. The number of nitrogens with zero attached hydrogens (tertiary/aromatic N) is 3. The van der Waals surface area contributed by atoms with Crippen molar-refractivity contribution >= 4 is 5.78 Å². The first-order valence-electron chi connectivity index (χ1n) is 7.17. The van der Waals surface area contributed by atoms with Gasteiger partial charge in [-0.15, -0.1) is 0 Å². The summed E-state index contributed by atoms with van der Waals surface area (Å²) >= 11 is 0. The van der Waals surface area contributed by atoms with Gasteiger partial charge in [-0.2, -0.15) is 10.4 Å². The number of benzene rings is 1. The van der Waals surface area contributed by atoms with Crippen LogP contribution in [0.25, 0.3) is 0 Å². The number of ether oxygens (including phenoxy) is 1. The Balaban J connectivity index is 2.18. The molecule has 23 heavy (non-hydrogen) atoms. The maximum Gasteiger partial charge on any atom is 0.285 e. The first-order valence-corrected chi connectivity index (χ1v) is 7.17. The third-order valence-corrected chi connectivity index (χ3v) is 3.58. The summed E-state index contributed by atoms with van der Waals surface area (Å²) in [5.41, 5.74) is 1.38. The highest BCUT2D eigenvalue weighted by atomic mass is 16.5. The molecule has 6 heteroatoms. The maximum absolute atomic E-state index is 12.2. The van der Waals surface area contributed by atoms with E-state index in [1.807, 2.05) is 6.07 Å². The number of Topliss-reactive ketones (excluding diaryl/α,β-unsaturated/α-hetero) is 1. The van der Waals surface area contributed by atoms with Crippen molar-refractivity contribution in [3.63, 3.8) is 0 Å². The summed E-state index contributed by atoms with van der Waals surface area (Å²) in [6, 6.07) is 8.84. The SMILES string of the molecule is CC(=O)c1ccccc1OCCn1nc(C)c(C)c(C#N)c1=O. The van der Waals surface area contributed by atoms with E-state index in [4.69, 9.17) is 10.00 Å². The molecule has 2 aromatic rings. The van der Waals surface area contributed by atoms with Crippen LogP contribution in [0.4, 0.5) is 0 Å². The molecule has 0 unspecified atom stereocenters. The third kappa shape index (κ3) is 3.46. The van der Waals surface area contributed by atoms with E-state index in [9.17, 15) is 9.59 Å². The van der Waals surface area contributed by atoms with Crippen LogP contribution >= 0.6 is 0 Å². The summed E-state index contributed by atoms with van der Waals surface area (Å²) in [4.78, 5) is 23.7. The highest BCUT2D eigenvalue weighted by Gasteiger charge is 2.12. The normalized spacial score (nSPS) is 10.2. The number of carbonyl (C=O) groups is 1. The topological polar surface area (TPSA) is 85.0 Å². The lowest BCUT2D eigenvalue weighted by Crippen LogP contribution is -2.29. The summed E-state index contributed by atoms with van der Waals surface area (Å²) in [5.74, 6) is 0.381. The Hall–Kier alpha value is -2.94. The average molecular weight is 311 g/mol. The molecule has 1 aromatic heterocycles. The number of para-hydroxylation sites is 1. The van der Waals surface area contributed by atoms with E-state index in [-0.39, 0.29) is 24.5 Å². The van der Waals surface area contributed by atoms with E-state index < -0.39 is 5.56 Å². The fourth-order valence-electron chi connectivity index (χ4n) is 2.18. The highest BCUT2D eigenvalue weighted by Crippen LogP contribution is 2.18. The van der Waals surface area contributed by atoms with Crippen molar-refractivity contribution in [2.75, 3.05) is 6.61 Å². The third-order valence-electron chi connectivity index (χ3n) is 3.58. The molecule has 0 bridgehead atoms. The quantitative estimate of drug-likeness (QED) is 0.789. The summed E-state index contributed by atoms with van der Waals surface area (Å²) in [6.45, 7) is 5.28. The van der Waals surface area contributed by atoms with Crippen molar-refractivity contribution < 1.29 is 9.53 Å². The Morgan fingerprint density at radius 3 is 2.70 bits per heavy atom. The number of ketones is 1. The van der Waals surface area contributed by atoms with Gasteiger partial charge in [0, 0.05) is 0 Å². The second-order valence-electron chi connectivity index (χ2n) is 5.13. The molecule has 1 heterocycles. The standard InChI is InChI=1S/C17H17N3O3/c1-11-12(2)19-20(17(22)15(11)10-18)8-9-23-16-7-5-4-6-14(16)13(3)21/h4-7H,8-9H2,1-3H3. The number of carbonyl (C=O) groups excluding carboxylic acids is 1. The van der Waals surface area contributed by atoms with Crippen molar-refractivity contribution in [3.05, 3.63) is 57.0 Å². The van der Waals surface area contributed by atoms with Gasteiger partial charge in [0.2, 0.25) is 0 Å². The molecule has 1 aromatic carbocycles. The lowest BCUT2D eigenvalue weighted by atomic mass is 10.1. The zero-order valence-electron chi connectivity index (χ0n) is 13.3. The molecule has 2 rings (SSSR count). The van der Waals surface area contributed by atoms with Crippen LogP contribution in [0.5, 0.6) is 5.75 Å². The van der Waals surface area contributed by atoms with Gasteiger partial charge in [0.1, 0.15) is 24.0 Å². The summed E-state index contributed by atoms with van der Waals surface area (Å²) < 4.78 is 6.82. The van der Waals surface area contributed by atoms with Gasteiger partial charge in [-0.3, -0.25) is 9.59 Å². The Morgan fingerprint density at radius 2 is 2.04 bits per heavy atom. The van der Waals surface area contributed by atoms with Gasteiger partial charge in [0.05, 0.1) is 17.8 Å². The van der Waals surface area contributed by atoms with E-state index in [1.54, 1.807) is 38.1 Å². The van der Waals surface area contributed by atoms with Crippen LogP contribution in [0.15, 0.2) is 29.1 Å². The average Bonchev–Trinajstić information content (AvgIpc) is 2.53. The monoisotopic (exact) mass is 311 g/mol. The number of nitriles is 1. The molecule has 0 fully saturated rings. The number of aryl methyl sites for hydroxylation is 1. The number of hydrogen-bond acceptors (Lipinski definition) is 5. The molecule has 0 saturated carbocycles. The molecule has 118 valence electrons. The van der Waals surface area contributed by atoms with Gasteiger partial charge in [0.15, 0.2) is 5.78 Å². The van der Waals surface area contributed by atoms with Gasteiger partial charge in [0.25, 0.3) is 5.56 Å². The molecular weight excluding hydrogens is 294 g/mol. The summed E-state index contributed by atoms with van der Waals surface area (Å²) in [5, 5.41) is 13.3. The van der Waals surface area contributed by atoms with Gasteiger partial charge >= 0.3 is 0 Å². The largest absolute Gasteiger partial charge is 0.491 e. The van der Waals surface area contributed by atoms with Crippen LogP contribution in [-0.2, 0) is 6.54 Å². The molecule has 0 saturated heterocycles. The Kier molecular flexibility index (Phi) is 4.91. The fraction of sp³-hybridized carbons (Fsp3) is 0.294. The zero-order chi connectivity index (χ0) is 17.0. The van der Waals surface area contributed by atoms with Crippen molar-refractivity contribution in [1.82, 2.24) is 9.78 Å². The number of aromatic nitrogens is 2. The van der Waals surface area contributed by atoms with Crippen LogP contribution in [0, 0.1) is 25.2 Å². The Labute approximate surface area is 133 Å². The minimum atomic E-state index is -0.431. The van der Waals surface area contributed by atoms with Crippen LogP contribution < -0.4 is 10.3 Å². The summed E-state index contributed by atoms with van der Waals surface area (Å²) in [6.07, 6.45) is 0. The van der Waals surface area contributed by atoms with Crippen LogP contribution in [-0.4, -0.2) is 22.2 Å². The van der Waals surface area contributed by atoms with E-state index in [0.717, 1.165) is 0 Å². The molecule has 0 radical (unpaired) electrons. The number of hydrogen-bond donors (Lipinski definition) is 0. The molecule has 0 spiro atoms. The highest BCUT2D eigenvalue weighted by molar-refractivity contribution is 5.96. The first kappa shape index (κ1) is 16.4. The van der Waals surface area contributed by atoms with Gasteiger partial charge in [-0.05, 0) is 38.5 Å². The molecule has 0 aliphatic rings. The molecule has 0 amide bonds. The van der Waals surface area contributed by atoms with E-state index in [1.165, 1.54) is 11.6 Å². The predicted octanol–water partition coefficient (Wildman–Crippen LogP) is 2.01. The van der Waals surface area contributed by atoms with Crippen molar-refractivity contribution in [2.24, 2.45) is 0 Å². The molecule has 0 atom stereocenters. The van der Waals surface area contributed by atoms with Crippen molar-refractivity contribution in [3.8, 4) is 11.8 Å². The molecule has 6 nitrogen and oxygen atoms in total. The molecule has 0 aliphatic heterocycles. The Morgan fingerprint density at radius 1 is 1.35 bits per heavy atom. The van der Waals surface area contributed by atoms with Crippen molar-refractivity contribution in [2.45, 2.75) is 27.3 Å². The van der Waals surface area contributed by atoms with Crippen LogP contribution in [0.1, 0.15) is 34.1 Å². The van der Waals surface area contributed by atoms with E-state index in [2.05, 4.69) is 5.10 Å². The number of rotatable bonds is 5. The second-order valence-corrected chi connectivity index (χ2v) is 5.13. The Bertz CT molecular complexity index is 847. The smallest absolute Gasteiger partial charge is 0.285 e. The van der Waals surface area contributed by atoms with E-state index >= 15 is 0 Å². The van der Waals surface area contributed by atoms with E-state index in [0.29, 0.717) is 22.6 Å². The van der Waals surface area contributed by atoms with Gasteiger partial charge in [-0.25, -0.2) is 4.68 Å². The van der Waals surface area contributed by atoms with Gasteiger partial charge < -0.3 is 4.74 Å². The van der Waals surface area contributed by atoms with Gasteiger partial charge in [-0.1, -0.05) is 12.1 Å². The fourth-order valence-corrected chi connectivity index (χ4v) is 2.18. The van der Waals surface area contributed by atoms with Crippen molar-refractivity contribution in [1.29, 1.82) is 5.26 Å².